The first kappa shape index (κ1) is 16.8. The molecule has 124 valence electrons. The lowest BCUT2D eigenvalue weighted by Gasteiger charge is -2.17. The molecule has 0 atom stereocenters. The van der Waals surface area contributed by atoms with Gasteiger partial charge in [0.05, 0.1) is 5.39 Å². The Morgan fingerprint density at radius 2 is 1.72 bits per heavy atom. The van der Waals surface area contributed by atoms with Crippen molar-refractivity contribution in [1.82, 2.24) is 19.3 Å². The first-order valence-corrected chi connectivity index (χ1v) is 8.45. The van der Waals surface area contributed by atoms with Crippen LogP contribution in [0.25, 0.3) is 10.9 Å². The average Bonchev–Trinajstić information content (AvgIpc) is 2.63. The van der Waals surface area contributed by atoms with Gasteiger partial charge in [-0.2, -0.15) is 12.8 Å². The number of hydrogen-bond donors (Lipinski definition) is 0. The van der Waals surface area contributed by atoms with E-state index in [-0.39, 0.29) is 10.5 Å². The van der Waals surface area contributed by atoms with Gasteiger partial charge in [0.25, 0.3) is 23.6 Å². The lowest BCUT2D eigenvalue weighted by atomic mass is 10.2. The lowest BCUT2D eigenvalue weighted by Crippen LogP contribution is -2.23. The Kier molecular flexibility index (Phi) is 4.32. The SMILES string of the molecule is CN1N=Nc2ccccc2S1(=O)=O.[B]n1nnc2ccccc2c1=O. The summed E-state index contributed by atoms with van der Waals surface area (Å²) in [6.45, 7) is 0. The molecule has 0 bridgehead atoms. The molecular formula is C14H11BN6O3S. The van der Waals surface area contributed by atoms with Gasteiger partial charge in [0.1, 0.15) is 16.1 Å². The molecule has 2 heterocycles. The smallest absolute Gasteiger partial charge is 0.273 e. The second kappa shape index (κ2) is 6.44. The molecule has 0 fully saturated rings. The Morgan fingerprint density at radius 1 is 1.04 bits per heavy atom. The number of hydrogen-bond acceptors (Lipinski definition) is 7. The van der Waals surface area contributed by atoms with Crippen LogP contribution in [0.3, 0.4) is 0 Å². The third-order valence-electron chi connectivity index (χ3n) is 3.36. The van der Waals surface area contributed by atoms with Crippen LogP contribution in [0, 0.1) is 0 Å². The molecule has 2 radical (unpaired) electrons. The molecule has 9 nitrogen and oxygen atoms in total. The standard InChI is InChI=1S/C7H4BN3O.C7H7N3O2S/c8-11-7(12)5-3-1-2-4-6(5)9-10-11;1-10-9-8-6-4-2-3-5-7(6)13(10,11)12/h1-4H;2-5H,1H3. The molecule has 0 saturated heterocycles. The van der Waals surface area contributed by atoms with E-state index in [4.69, 9.17) is 7.98 Å². The van der Waals surface area contributed by atoms with Gasteiger partial charge in [0.15, 0.2) is 0 Å². The molecule has 3 aromatic rings. The molecule has 11 heteroatoms. The van der Waals surface area contributed by atoms with Gasteiger partial charge in [-0.15, -0.1) is 10.2 Å². The molecule has 0 amide bonds. The van der Waals surface area contributed by atoms with Crippen LogP contribution < -0.4 is 5.56 Å². The molecule has 0 aliphatic carbocycles. The van der Waals surface area contributed by atoms with Crippen molar-refractivity contribution in [1.29, 1.82) is 0 Å². The predicted molar refractivity (Wildman–Crippen MR) is 90.9 cm³/mol. The summed E-state index contributed by atoms with van der Waals surface area (Å²) < 4.78 is 24.7. The van der Waals surface area contributed by atoms with E-state index in [1.54, 1.807) is 42.5 Å². The zero-order chi connectivity index (χ0) is 18.0. The fourth-order valence-electron chi connectivity index (χ4n) is 2.06. The molecule has 1 aliphatic rings. The summed E-state index contributed by atoms with van der Waals surface area (Å²) in [6.07, 6.45) is 0. The van der Waals surface area contributed by atoms with Gasteiger partial charge in [-0.1, -0.05) is 34.7 Å². The first-order chi connectivity index (χ1) is 11.9. The van der Waals surface area contributed by atoms with Crippen molar-refractivity contribution >= 4 is 34.6 Å². The third kappa shape index (κ3) is 3.13. The highest BCUT2D eigenvalue weighted by Gasteiger charge is 2.26. The number of sulfonamides is 1. The van der Waals surface area contributed by atoms with Gasteiger partial charge in [-0.3, -0.25) is 9.39 Å². The fraction of sp³-hybridized carbons (Fsp3) is 0.0714. The van der Waals surface area contributed by atoms with Crippen molar-refractivity contribution in [2.24, 2.45) is 10.3 Å². The summed E-state index contributed by atoms with van der Waals surface area (Å²) in [5.41, 5.74) is 0.616. The molecule has 2 aromatic carbocycles. The van der Waals surface area contributed by atoms with Gasteiger partial charge in [0, 0.05) is 7.05 Å². The molecule has 0 unspecified atom stereocenters. The van der Waals surface area contributed by atoms with Crippen LogP contribution >= 0.6 is 0 Å². The molecular weight excluding hydrogens is 343 g/mol. The van der Waals surface area contributed by atoms with E-state index in [1.807, 2.05) is 0 Å². The molecule has 0 saturated carbocycles. The number of rotatable bonds is 0. The topological polar surface area (TPSA) is 110 Å². The van der Waals surface area contributed by atoms with Crippen molar-refractivity contribution in [2.45, 2.75) is 4.90 Å². The van der Waals surface area contributed by atoms with Gasteiger partial charge < -0.3 is 0 Å². The van der Waals surface area contributed by atoms with E-state index in [2.05, 4.69) is 20.6 Å². The summed E-state index contributed by atoms with van der Waals surface area (Å²) >= 11 is 0. The van der Waals surface area contributed by atoms with E-state index >= 15 is 0 Å². The summed E-state index contributed by atoms with van der Waals surface area (Å²) in [5, 5.41) is 14.9. The Hall–Kier alpha value is -3.08. The Labute approximate surface area is 144 Å². The maximum Gasteiger partial charge on any atom is 0.282 e. The first-order valence-electron chi connectivity index (χ1n) is 7.01. The van der Waals surface area contributed by atoms with Crippen molar-refractivity contribution in [2.75, 3.05) is 7.05 Å². The second-order valence-corrected chi connectivity index (χ2v) is 6.87. The number of aromatic nitrogens is 3. The maximum absolute atomic E-state index is 11.6. The minimum atomic E-state index is -3.45. The minimum Gasteiger partial charge on any atom is -0.273 e. The fourth-order valence-corrected chi connectivity index (χ4v) is 3.10. The molecule has 25 heavy (non-hydrogen) atoms. The summed E-state index contributed by atoms with van der Waals surface area (Å²) in [4.78, 5) is 11.5. The van der Waals surface area contributed by atoms with Crippen LogP contribution in [0.1, 0.15) is 0 Å². The van der Waals surface area contributed by atoms with Crippen LogP contribution in [0.4, 0.5) is 5.69 Å². The zero-order valence-corrected chi connectivity index (χ0v) is 13.8. The highest BCUT2D eigenvalue weighted by molar-refractivity contribution is 7.89. The van der Waals surface area contributed by atoms with Crippen molar-refractivity contribution in [3.63, 3.8) is 0 Å². The highest BCUT2D eigenvalue weighted by atomic mass is 32.2. The largest absolute Gasteiger partial charge is 0.282 e. The highest BCUT2D eigenvalue weighted by Crippen LogP contribution is 2.30. The van der Waals surface area contributed by atoms with E-state index < -0.39 is 10.0 Å². The lowest BCUT2D eigenvalue weighted by molar-refractivity contribution is 0.462. The van der Waals surface area contributed by atoms with E-state index in [0.717, 1.165) is 9.01 Å². The molecule has 1 aliphatic heterocycles. The number of fused-ring (bicyclic) bond motifs is 2. The third-order valence-corrected chi connectivity index (χ3v) is 5.03. The van der Waals surface area contributed by atoms with E-state index in [9.17, 15) is 13.2 Å². The number of nitrogens with zero attached hydrogens (tertiary/aromatic N) is 6. The van der Waals surface area contributed by atoms with Crippen molar-refractivity contribution in [3.05, 3.63) is 58.9 Å². The minimum absolute atomic E-state index is 0.201. The zero-order valence-electron chi connectivity index (χ0n) is 13.0. The van der Waals surface area contributed by atoms with Crippen molar-refractivity contribution < 1.29 is 8.42 Å². The summed E-state index contributed by atoms with van der Waals surface area (Å²) in [5.74, 6) is 0. The van der Waals surface area contributed by atoms with Crippen molar-refractivity contribution in [3.8, 4) is 0 Å². The monoisotopic (exact) mass is 354 g/mol. The van der Waals surface area contributed by atoms with Crippen LogP contribution in [-0.4, -0.2) is 42.8 Å². The molecule has 0 spiro atoms. The Morgan fingerprint density at radius 3 is 2.52 bits per heavy atom. The number of benzene rings is 2. The Bertz CT molecular complexity index is 1130. The molecule has 1 aromatic heterocycles. The van der Waals surface area contributed by atoms with E-state index in [0.29, 0.717) is 16.6 Å². The maximum atomic E-state index is 11.6. The average molecular weight is 354 g/mol. The molecule has 4 rings (SSSR count). The van der Waals surface area contributed by atoms with Gasteiger partial charge >= 0.3 is 0 Å². The quantitative estimate of drug-likeness (QED) is 0.560. The molecule has 0 N–H and O–H groups in total. The normalized spacial score (nSPS) is 14.5. The van der Waals surface area contributed by atoms with Gasteiger partial charge in [-0.05, 0) is 24.3 Å². The Balaban J connectivity index is 0.000000146. The second-order valence-electron chi connectivity index (χ2n) is 4.95. The van der Waals surface area contributed by atoms with Crippen LogP contribution in [0.15, 0.2) is 68.6 Å². The van der Waals surface area contributed by atoms with Crippen LogP contribution in [0.2, 0.25) is 0 Å². The van der Waals surface area contributed by atoms with Crippen LogP contribution in [0.5, 0.6) is 0 Å². The van der Waals surface area contributed by atoms with Gasteiger partial charge in [-0.25, -0.2) is 0 Å². The predicted octanol–water partition coefficient (Wildman–Crippen LogP) is 1.04. The summed E-state index contributed by atoms with van der Waals surface area (Å²) in [7, 11) is 3.12. The summed E-state index contributed by atoms with van der Waals surface area (Å²) in [6, 6.07) is 13.4. The van der Waals surface area contributed by atoms with E-state index in [1.165, 1.54) is 13.1 Å². The van der Waals surface area contributed by atoms with Crippen LogP contribution in [-0.2, 0) is 10.0 Å². The van der Waals surface area contributed by atoms with Gasteiger partial charge in [0.2, 0.25) is 0 Å².